The van der Waals surface area contributed by atoms with Gasteiger partial charge in [-0.3, -0.25) is 0 Å². The fourth-order valence-corrected chi connectivity index (χ4v) is 3.85. The molecule has 20 heavy (non-hydrogen) atoms. The number of benzene rings is 1. The van der Waals surface area contributed by atoms with Gasteiger partial charge < -0.3 is 10.4 Å². The zero-order valence-electron chi connectivity index (χ0n) is 11.2. The molecule has 1 aromatic carbocycles. The highest BCUT2D eigenvalue weighted by atomic mass is 32.1. The summed E-state index contributed by atoms with van der Waals surface area (Å²) in [5.41, 5.74) is 2.88. The number of rotatable bonds is 5. The number of fused-ring (bicyclic) bond motifs is 1. The van der Waals surface area contributed by atoms with Crippen LogP contribution < -0.4 is 5.32 Å². The number of hydrogen-bond acceptors (Lipinski definition) is 3. The van der Waals surface area contributed by atoms with Crippen molar-refractivity contribution in [2.45, 2.75) is 32.4 Å². The highest BCUT2D eigenvalue weighted by Gasteiger charge is 2.14. The summed E-state index contributed by atoms with van der Waals surface area (Å²) in [6.45, 7) is 1.55. The Bertz CT molecular complexity index is 612. The minimum atomic E-state index is -0.874. The highest BCUT2D eigenvalue weighted by molar-refractivity contribution is 7.12. The van der Waals surface area contributed by atoms with Crippen molar-refractivity contribution >= 4 is 17.3 Å². The standard InChI is InChI=1S/C16H17NO2S/c18-16(19)13-5-1-3-11(7-13)9-17-10-14-8-12-4-2-6-15(12)20-14/h1,3,5,7-8,17H,2,4,6,9-10H2,(H,18,19). The van der Waals surface area contributed by atoms with E-state index in [1.54, 1.807) is 23.1 Å². The Labute approximate surface area is 122 Å². The topological polar surface area (TPSA) is 49.3 Å². The molecule has 1 heterocycles. The van der Waals surface area contributed by atoms with Gasteiger partial charge in [-0.1, -0.05) is 12.1 Å². The Balaban J connectivity index is 1.56. The zero-order valence-corrected chi connectivity index (χ0v) is 12.0. The van der Waals surface area contributed by atoms with Crippen LogP contribution in [0.4, 0.5) is 0 Å². The average molecular weight is 287 g/mol. The van der Waals surface area contributed by atoms with Gasteiger partial charge in [0.1, 0.15) is 0 Å². The highest BCUT2D eigenvalue weighted by Crippen LogP contribution is 2.30. The number of carbonyl (C=O) groups is 1. The fourth-order valence-electron chi connectivity index (χ4n) is 2.62. The maximum atomic E-state index is 10.9. The zero-order chi connectivity index (χ0) is 13.9. The van der Waals surface area contributed by atoms with E-state index < -0.39 is 5.97 Å². The van der Waals surface area contributed by atoms with E-state index in [-0.39, 0.29) is 0 Å². The Morgan fingerprint density at radius 3 is 2.95 bits per heavy atom. The van der Waals surface area contributed by atoms with E-state index in [1.165, 1.54) is 29.7 Å². The van der Waals surface area contributed by atoms with Crippen molar-refractivity contribution in [1.82, 2.24) is 5.32 Å². The maximum Gasteiger partial charge on any atom is 0.335 e. The number of hydrogen-bond donors (Lipinski definition) is 2. The molecule has 0 bridgehead atoms. The molecular weight excluding hydrogens is 270 g/mol. The summed E-state index contributed by atoms with van der Waals surface area (Å²) in [6, 6.07) is 9.40. The Kier molecular flexibility index (Phi) is 3.85. The molecule has 1 aliphatic carbocycles. The second-order valence-corrected chi connectivity index (χ2v) is 6.35. The summed E-state index contributed by atoms with van der Waals surface area (Å²) in [6.07, 6.45) is 3.77. The number of aromatic carboxylic acids is 1. The molecule has 4 heteroatoms. The lowest BCUT2D eigenvalue weighted by Crippen LogP contribution is -2.12. The molecule has 2 N–H and O–H groups in total. The molecule has 0 amide bonds. The molecule has 0 radical (unpaired) electrons. The second kappa shape index (κ2) is 5.77. The average Bonchev–Trinajstić information content (AvgIpc) is 3.00. The van der Waals surface area contributed by atoms with Gasteiger partial charge in [0.15, 0.2) is 0 Å². The Morgan fingerprint density at radius 1 is 1.25 bits per heavy atom. The van der Waals surface area contributed by atoms with Crippen LogP contribution in [0.2, 0.25) is 0 Å². The van der Waals surface area contributed by atoms with E-state index in [4.69, 9.17) is 5.11 Å². The van der Waals surface area contributed by atoms with Gasteiger partial charge >= 0.3 is 5.97 Å². The molecule has 1 aliphatic rings. The molecule has 0 saturated carbocycles. The van der Waals surface area contributed by atoms with Crippen LogP contribution >= 0.6 is 11.3 Å². The molecule has 3 rings (SSSR count). The quantitative estimate of drug-likeness (QED) is 0.887. The summed E-state index contributed by atoms with van der Waals surface area (Å²) >= 11 is 1.91. The van der Waals surface area contributed by atoms with E-state index in [2.05, 4.69) is 11.4 Å². The smallest absolute Gasteiger partial charge is 0.335 e. The summed E-state index contributed by atoms with van der Waals surface area (Å²) in [5.74, 6) is -0.874. The molecular formula is C16H17NO2S. The lowest BCUT2D eigenvalue weighted by atomic mass is 10.1. The minimum absolute atomic E-state index is 0.347. The monoisotopic (exact) mass is 287 g/mol. The summed E-state index contributed by atoms with van der Waals surface area (Å²) in [5, 5.41) is 12.4. The minimum Gasteiger partial charge on any atom is -0.478 e. The van der Waals surface area contributed by atoms with Gasteiger partial charge in [-0.25, -0.2) is 4.79 Å². The molecule has 0 unspecified atom stereocenters. The number of carboxylic acids is 1. The van der Waals surface area contributed by atoms with Crippen molar-refractivity contribution in [3.05, 3.63) is 56.8 Å². The van der Waals surface area contributed by atoms with E-state index in [9.17, 15) is 4.79 Å². The molecule has 0 aliphatic heterocycles. The van der Waals surface area contributed by atoms with Crippen LogP contribution in [0.1, 0.15) is 37.7 Å². The van der Waals surface area contributed by atoms with E-state index in [0.717, 1.165) is 12.1 Å². The first kappa shape index (κ1) is 13.3. The largest absolute Gasteiger partial charge is 0.478 e. The van der Waals surface area contributed by atoms with Crippen LogP contribution in [0.25, 0.3) is 0 Å². The molecule has 104 valence electrons. The van der Waals surface area contributed by atoms with Crippen LogP contribution in [-0.4, -0.2) is 11.1 Å². The molecule has 0 atom stereocenters. The van der Waals surface area contributed by atoms with Crippen LogP contribution in [0.3, 0.4) is 0 Å². The number of carboxylic acid groups (broad SMARTS) is 1. The number of thiophene rings is 1. The van der Waals surface area contributed by atoms with Crippen LogP contribution in [0.5, 0.6) is 0 Å². The van der Waals surface area contributed by atoms with E-state index >= 15 is 0 Å². The lowest BCUT2D eigenvalue weighted by molar-refractivity contribution is 0.0696. The molecule has 1 aromatic heterocycles. The fraction of sp³-hybridized carbons (Fsp3) is 0.312. The van der Waals surface area contributed by atoms with Crippen molar-refractivity contribution in [3.63, 3.8) is 0 Å². The summed E-state index contributed by atoms with van der Waals surface area (Å²) in [4.78, 5) is 13.8. The Morgan fingerprint density at radius 2 is 2.15 bits per heavy atom. The number of nitrogens with one attached hydrogen (secondary N) is 1. The van der Waals surface area contributed by atoms with Crippen molar-refractivity contribution < 1.29 is 9.90 Å². The van der Waals surface area contributed by atoms with Crippen molar-refractivity contribution in [2.24, 2.45) is 0 Å². The first-order valence-electron chi connectivity index (χ1n) is 6.86. The maximum absolute atomic E-state index is 10.9. The van der Waals surface area contributed by atoms with Crippen LogP contribution in [0, 0.1) is 0 Å². The van der Waals surface area contributed by atoms with Gasteiger partial charge in [0.25, 0.3) is 0 Å². The third kappa shape index (κ3) is 2.92. The van der Waals surface area contributed by atoms with E-state index in [1.807, 2.05) is 17.4 Å². The van der Waals surface area contributed by atoms with Gasteiger partial charge in [-0.2, -0.15) is 0 Å². The van der Waals surface area contributed by atoms with Gasteiger partial charge in [0.05, 0.1) is 5.56 Å². The van der Waals surface area contributed by atoms with Gasteiger partial charge in [0, 0.05) is 22.8 Å². The predicted octanol–water partition coefficient (Wildman–Crippen LogP) is 3.22. The predicted molar refractivity (Wildman–Crippen MR) is 80.3 cm³/mol. The molecule has 0 fully saturated rings. The first-order valence-corrected chi connectivity index (χ1v) is 7.67. The normalized spacial score (nSPS) is 13.4. The van der Waals surface area contributed by atoms with Gasteiger partial charge in [-0.05, 0) is 48.6 Å². The van der Waals surface area contributed by atoms with Crippen LogP contribution in [-0.2, 0) is 25.9 Å². The van der Waals surface area contributed by atoms with Crippen molar-refractivity contribution in [2.75, 3.05) is 0 Å². The molecule has 0 saturated heterocycles. The van der Waals surface area contributed by atoms with E-state index in [0.29, 0.717) is 12.1 Å². The van der Waals surface area contributed by atoms with Crippen molar-refractivity contribution in [3.8, 4) is 0 Å². The van der Waals surface area contributed by atoms with Gasteiger partial charge in [0.2, 0.25) is 0 Å². The second-order valence-electron chi connectivity index (χ2n) is 5.12. The van der Waals surface area contributed by atoms with Gasteiger partial charge in [-0.15, -0.1) is 11.3 Å². The van der Waals surface area contributed by atoms with Crippen LogP contribution in [0.15, 0.2) is 30.3 Å². The molecule has 0 spiro atoms. The van der Waals surface area contributed by atoms with Crippen molar-refractivity contribution in [1.29, 1.82) is 0 Å². The summed E-state index contributed by atoms with van der Waals surface area (Å²) < 4.78 is 0. The molecule has 3 nitrogen and oxygen atoms in total. The summed E-state index contributed by atoms with van der Waals surface area (Å²) in [7, 11) is 0. The first-order chi connectivity index (χ1) is 9.72. The third-order valence-electron chi connectivity index (χ3n) is 3.60. The molecule has 2 aromatic rings. The Hall–Kier alpha value is -1.65. The lowest BCUT2D eigenvalue weighted by Gasteiger charge is -2.04. The third-order valence-corrected chi connectivity index (χ3v) is 4.84. The number of aryl methyl sites for hydroxylation is 2. The SMILES string of the molecule is O=C(O)c1cccc(CNCc2cc3c(s2)CCC3)c1.